The standard InChI is InChI=1S/C13H14O5/c1-2-16-13(15)9(8-14)7-12-17-10-5-3-4-6-11(10)18-12/h3-6,8-9,12H,2,7H2,1H3. The van der Waals surface area contributed by atoms with Gasteiger partial charge in [0.05, 0.1) is 6.61 Å². The maximum absolute atomic E-state index is 11.5. The van der Waals surface area contributed by atoms with Crippen LogP contribution in [0.1, 0.15) is 13.3 Å². The van der Waals surface area contributed by atoms with Crippen molar-refractivity contribution in [2.24, 2.45) is 5.92 Å². The van der Waals surface area contributed by atoms with Gasteiger partial charge in [0, 0.05) is 6.42 Å². The minimum Gasteiger partial charge on any atom is -0.465 e. The summed E-state index contributed by atoms with van der Waals surface area (Å²) in [6, 6.07) is 7.20. The summed E-state index contributed by atoms with van der Waals surface area (Å²) in [5.41, 5.74) is 0. The molecule has 0 aromatic heterocycles. The molecule has 18 heavy (non-hydrogen) atoms. The van der Waals surface area contributed by atoms with Crippen LogP contribution in [0.5, 0.6) is 11.5 Å². The molecule has 0 saturated heterocycles. The first-order valence-electron chi connectivity index (χ1n) is 5.79. The zero-order chi connectivity index (χ0) is 13.0. The Labute approximate surface area is 105 Å². The van der Waals surface area contributed by atoms with Crippen LogP contribution in [-0.2, 0) is 14.3 Å². The van der Waals surface area contributed by atoms with Crippen LogP contribution in [0.3, 0.4) is 0 Å². The lowest BCUT2D eigenvalue weighted by Crippen LogP contribution is -2.28. The fraction of sp³-hybridized carbons (Fsp3) is 0.385. The van der Waals surface area contributed by atoms with Gasteiger partial charge in [0.25, 0.3) is 0 Å². The van der Waals surface area contributed by atoms with Crippen LogP contribution >= 0.6 is 0 Å². The monoisotopic (exact) mass is 250 g/mol. The summed E-state index contributed by atoms with van der Waals surface area (Å²) >= 11 is 0. The van der Waals surface area contributed by atoms with E-state index in [1.807, 2.05) is 12.1 Å². The van der Waals surface area contributed by atoms with Crippen LogP contribution in [0.25, 0.3) is 0 Å². The van der Waals surface area contributed by atoms with Crippen molar-refractivity contribution >= 4 is 12.3 Å². The fourth-order valence-corrected chi connectivity index (χ4v) is 1.71. The minimum atomic E-state index is -0.857. The first-order valence-corrected chi connectivity index (χ1v) is 5.79. The number of benzene rings is 1. The summed E-state index contributed by atoms with van der Waals surface area (Å²) in [7, 11) is 0. The number of carbonyl (C=O) groups excluding carboxylic acids is 2. The number of hydrogen-bond acceptors (Lipinski definition) is 5. The van der Waals surface area contributed by atoms with E-state index in [-0.39, 0.29) is 13.0 Å². The van der Waals surface area contributed by atoms with Crippen molar-refractivity contribution in [2.75, 3.05) is 6.61 Å². The zero-order valence-electron chi connectivity index (χ0n) is 10.00. The highest BCUT2D eigenvalue weighted by Crippen LogP contribution is 2.35. The largest absolute Gasteiger partial charge is 0.465 e. The van der Waals surface area contributed by atoms with Crippen molar-refractivity contribution in [1.82, 2.24) is 0 Å². The normalized spacial score (nSPS) is 15.2. The molecule has 1 atom stereocenters. The van der Waals surface area contributed by atoms with Gasteiger partial charge in [-0.15, -0.1) is 0 Å². The molecule has 5 heteroatoms. The Bertz CT molecular complexity index is 418. The third-order valence-electron chi connectivity index (χ3n) is 2.57. The molecule has 1 aromatic rings. The van der Waals surface area contributed by atoms with E-state index in [0.29, 0.717) is 17.8 Å². The number of fused-ring (bicyclic) bond motifs is 1. The molecule has 1 heterocycles. The number of carbonyl (C=O) groups is 2. The van der Waals surface area contributed by atoms with Gasteiger partial charge in [0.2, 0.25) is 6.29 Å². The quantitative estimate of drug-likeness (QED) is 0.451. The van der Waals surface area contributed by atoms with E-state index in [1.54, 1.807) is 19.1 Å². The van der Waals surface area contributed by atoms with Gasteiger partial charge in [0.15, 0.2) is 11.5 Å². The van der Waals surface area contributed by atoms with Crippen molar-refractivity contribution in [3.8, 4) is 11.5 Å². The van der Waals surface area contributed by atoms with Gasteiger partial charge in [-0.1, -0.05) is 12.1 Å². The molecular formula is C13H14O5. The molecule has 0 bridgehead atoms. The molecule has 0 radical (unpaired) electrons. The van der Waals surface area contributed by atoms with Crippen molar-refractivity contribution < 1.29 is 23.8 Å². The molecule has 1 aliphatic rings. The Kier molecular flexibility index (Phi) is 3.82. The summed E-state index contributed by atoms with van der Waals surface area (Å²) in [6.45, 7) is 1.94. The van der Waals surface area contributed by atoms with Crippen molar-refractivity contribution in [1.29, 1.82) is 0 Å². The Morgan fingerprint density at radius 1 is 1.39 bits per heavy atom. The number of ether oxygens (including phenoxy) is 3. The second kappa shape index (κ2) is 5.53. The minimum absolute atomic E-state index is 0.150. The molecule has 0 amide bonds. The third kappa shape index (κ3) is 2.61. The van der Waals surface area contributed by atoms with Crippen molar-refractivity contribution in [3.63, 3.8) is 0 Å². The molecule has 0 spiro atoms. The topological polar surface area (TPSA) is 61.8 Å². The van der Waals surface area contributed by atoms with Crippen LogP contribution in [0.2, 0.25) is 0 Å². The van der Waals surface area contributed by atoms with Crippen LogP contribution in [0.15, 0.2) is 24.3 Å². The van der Waals surface area contributed by atoms with Gasteiger partial charge in [-0.3, -0.25) is 4.79 Å². The van der Waals surface area contributed by atoms with Crippen LogP contribution < -0.4 is 9.47 Å². The first kappa shape index (κ1) is 12.4. The Balaban J connectivity index is 1.95. The summed E-state index contributed by atoms with van der Waals surface area (Å²) in [6.07, 6.45) is 0.0899. The van der Waals surface area contributed by atoms with Gasteiger partial charge in [0.1, 0.15) is 12.2 Å². The summed E-state index contributed by atoms with van der Waals surface area (Å²) in [4.78, 5) is 22.3. The van der Waals surface area contributed by atoms with Crippen LogP contribution in [0, 0.1) is 5.92 Å². The lowest BCUT2D eigenvalue weighted by atomic mass is 10.1. The molecule has 0 aliphatic carbocycles. The smallest absolute Gasteiger partial charge is 0.316 e. The van der Waals surface area contributed by atoms with Gasteiger partial charge in [-0.2, -0.15) is 0 Å². The first-order chi connectivity index (χ1) is 8.74. The molecule has 0 N–H and O–H groups in total. The Hall–Kier alpha value is -2.04. The molecule has 5 nitrogen and oxygen atoms in total. The molecule has 0 fully saturated rings. The summed E-state index contributed by atoms with van der Waals surface area (Å²) < 4.78 is 15.8. The summed E-state index contributed by atoms with van der Waals surface area (Å²) in [5.74, 6) is -0.160. The van der Waals surface area contributed by atoms with Crippen LogP contribution in [0.4, 0.5) is 0 Å². The highest BCUT2D eigenvalue weighted by Gasteiger charge is 2.30. The lowest BCUT2D eigenvalue weighted by Gasteiger charge is -2.14. The third-order valence-corrected chi connectivity index (χ3v) is 2.57. The Morgan fingerprint density at radius 2 is 2.00 bits per heavy atom. The molecule has 96 valence electrons. The number of para-hydroxylation sites is 2. The number of esters is 1. The molecule has 1 aliphatic heterocycles. The molecule has 1 unspecified atom stereocenters. The second-order valence-corrected chi connectivity index (χ2v) is 3.84. The van der Waals surface area contributed by atoms with Crippen molar-refractivity contribution in [3.05, 3.63) is 24.3 Å². The fourth-order valence-electron chi connectivity index (χ4n) is 1.71. The van der Waals surface area contributed by atoms with Gasteiger partial charge in [-0.05, 0) is 19.1 Å². The SMILES string of the molecule is CCOC(=O)C(C=O)CC1Oc2ccccc2O1. The number of aldehydes is 1. The van der Waals surface area contributed by atoms with Crippen molar-refractivity contribution in [2.45, 2.75) is 19.6 Å². The maximum Gasteiger partial charge on any atom is 0.316 e. The highest BCUT2D eigenvalue weighted by molar-refractivity contribution is 5.87. The predicted molar refractivity (Wildman–Crippen MR) is 62.3 cm³/mol. The average molecular weight is 250 g/mol. The van der Waals surface area contributed by atoms with E-state index >= 15 is 0 Å². The molecular weight excluding hydrogens is 236 g/mol. The van der Waals surface area contributed by atoms with E-state index in [4.69, 9.17) is 14.2 Å². The van der Waals surface area contributed by atoms with Gasteiger partial charge < -0.3 is 19.0 Å². The van der Waals surface area contributed by atoms with Gasteiger partial charge >= 0.3 is 5.97 Å². The van der Waals surface area contributed by atoms with E-state index in [1.165, 1.54) is 0 Å². The number of rotatable bonds is 5. The Morgan fingerprint density at radius 3 is 2.50 bits per heavy atom. The van der Waals surface area contributed by atoms with Gasteiger partial charge in [-0.25, -0.2) is 0 Å². The average Bonchev–Trinajstić information content (AvgIpc) is 2.78. The molecule has 1 aromatic carbocycles. The van der Waals surface area contributed by atoms with E-state index < -0.39 is 18.2 Å². The predicted octanol–water partition coefficient (Wildman–Crippen LogP) is 1.55. The van der Waals surface area contributed by atoms with E-state index in [9.17, 15) is 9.59 Å². The highest BCUT2D eigenvalue weighted by atomic mass is 16.7. The van der Waals surface area contributed by atoms with E-state index in [2.05, 4.69) is 0 Å². The molecule has 2 rings (SSSR count). The van der Waals surface area contributed by atoms with E-state index in [0.717, 1.165) is 0 Å². The van der Waals surface area contributed by atoms with Crippen LogP contribution in [-0.4, -0.2) is 25.2 Å². The number of hydrogen-bond donors (Lipinski definition) is 0. The maximum atomic E-state index is 11.5. The lowest BCUT2D eigenvalue weighted by molar-refractivity contribution is -0.151. The summed E-state index contributed by atoms with van der Waals surface area (Å²) in [5, 5.41) is 0. The zero-order valence-corrected chi connectivity index (χ0v) is 10.00. The second-order valence-electron chi connectivity index (χ2n) is 3.84. The molecule has 0 saturated carbocycles.